The van der Waals surface area contributed by atoms with E-state index in [0.717, 1.165) is 0 Å². The van der Waals surface area contributed by atoms with Crippen LogP contribution in [0.4, 0.5) is 4.39 Å². The molecule has 1 unspecified atom stereocenters. The predicted octanol–water partition coefficient (Wildman–Crippen LogP) is 2.41. The third-order valence-electron chi connectivity index (χ3n) is 2.51. The van der Waals surface area contributed by atoms with E-state index in [4.69, 9.17) is 5.26 Å². The second-order valence-corrected chi connectivity index (χ2v) is 4.29. The van der Waals surface area contributed by atoms with Crippen molar-refractivity contribution < 1.29 is 9.18 Å². The third kappa shape index (κ3) is 3.28. The van der Waals surface area contributed by atoms with Crippen molar-refractivity contribution in [1.82, 2.24) is 5.32 Å². The lowest BCUT2D eigenvalue weighted by atomic mass is 10.0. The first-order chi connectivity index (χ1) is 7.95. The van der Waals surface area contributed by atoms with Crippen molar-refractivity contribution >= 4 is 5.91 Å². The van der Waals surface area contributed by atoms with Gasteiger partial charge in [-0.3, -0.25) is 4.79 Å². The first kappa shape index (κ1) is 13.2. The van der Waals surface area contributed by atoms with Crippen LogP contribution in [0.2, 0.25) is 0 Å². The second-order valence-electron chi connectivity index (χ2n) is 4.29. The number of nitrogens with one attached hydrogen (secondary N) is 1. The Bertz CT molecular complexity index is 463. The van der Waals surface area contributed by atoms with E-state index in [2.05, 4.69) is 5.32 Å². The van der Waals surface area contributed by atoms with Gasteiger partial charge in [-0.15, -0.1) is 0 Å². The summed E-state index contributed by atoms with van der Waals surface area (Å²) in [6, 6.07) is 5.62. The molecule has 4 heteroatoms. The highest BCUT2D eigenvalue weighted by atomic mass is 19.1. The minimum absolute atomic E-state index is 0.0329. The third-order valence-corrected chi connectivity index (χ3v) is 2.51. The monoisotopic (exact) mass is 234 g/mol. The van der Waals surface area contributed by atoms with Crippen molar-refractivity contribution in [2.75, 3.05) is 0 Å². The van der Waals surface area contributed by atoms with Crippen LogP contribution in [-0.2, 0) is 0 Å². The van der Waals surface area contributed by atoms with Crippen molar-refractivity contribution in [2.45, 2.75) is 26.8 Å². The van der Waals surface area contributed by atoms with Crippen LogP contribution in [0.15, 0.2) is 18.2 Å². The molecule has 17 heavy (non-hydrogen) atoms. The minimum Gasteiger partial charge on any atom is -0.336 e. The summed E-state index contributed by atoms with van der Waals surface area (Å²) in [5, 5.41) is 11.5. The average molecular weight is 234 g/mol. The number of hydrogen-bond acceptors (Lipinski definition) is 2. The Morgan fingerprint density at radius 1 is 1.47 bits per heavy atom. The number of aryl methyl sites for hydroxylation is 1. The standard InChI is InChI=1S/C13H15FN2O/c1-8(2)12(7-15)16-13(17)10-4-5-11(14)9(3)6-10/h4-6,8,12H,1-3H3,(H,16,17). The maximum absolute atomic E-state index is 13.0. The van der Waals surface area contributed by atoms with Gasteiger partial charge in [0, 0.05) is 5.56 Å². The minimum atomic E-state index is -0.534. The molecule has 0 fully saturated rings. The van der Waals surface area contributed by atoms with Gasteiger partial charge in [0.1, 0.15) is 11.9 Å². The lowest BCUT2D eigenvalue weighted by Crippen LogP contribution is -2.37. The lowest BCUT2D eigenvalue weighted by Gasteiger charge is -2.15. The maximum atomic E-state index is 13.0. The van der Waals surface area contributed by atoms with Crippen molar-refractivity contribution in [3.05, 3.63) is 35.1 Å². The van der Waals surface area contributed by atoms with Gasteiger partial charge in [0.25, 0.3) is 5.91 Å². The van der Waals surface area contributed by atoms with Crippen LogP contribution in [0.3, 0.4) is 0 Å². The van der Waals surface area contributed by atoms with Crippen LogP contribution in [-0.4, -0.2) is 11.9 Å². The lowest BCUT2D eigenvalue weighted by molar-refractivity contribution is 0.0937. The van der Waals surface area contributed by atoms with Gasteiger partial charge in [0.05, 0.1) is 6.07 Å². The molecule has 0 spiro atoms. The Labute approximate surface area is 100 Å². The largest absolute Gasteiger partial charge is 0.336 e. The van der Waals surface area contributed by atoms with E-state index < -0.39 is 6.04 Å². The van der Waals surface area contributed by atoms with Gasteiger partial charge in [-0.05, 0) is 36.6 Å². The molecule has 0 bridgehead atoms. The molecule has 90 valence electrons. The number of amides is 1. The predicted molar refractivity (Wildman–Crippen MR) is 62.8 cm³/mol. The van der Waals surface area contributed by atoms with E-state index in [-0.39, 0.29) is 17.6 Å². The normalized spacial score (nSPS) is 12.0. The number of halogens is 1. The van der Waals surface area contributed by atoms with Crippen molar-refractivity contribution in [2.24, 2.45) is 5.92 Å². The van der Waals surface area contributed by atoms with Crippen molar-refractivity contribution in [3.63, 3.8) is 0 Å². The molecule has 1 amide bonds. The molecule has 1 N–H and O–H groups in total. The number of carbonyl (C=O) groups excluding carboxylic acids is 1. The Morgan fingerprint density at radius 3 is 2.59 bits per heavy atom. The molecule has 1 atom stereocenters. The van der Waals surface area contributed by atoms with Crippen LogP contribution < -0.4 is 5.32 Å². The van der Waals surface area contributed by atoms with Gasteiger partial charge in [0.2, 0.25) is 0 Å². The van der Waals surface area contributed by atoms with E-state index in [0.29, 0.717) is 11.1 Å². The topological polar surface area (TPSA) is 52.9 Å². The molecule has 0 aromatic heterocycles. The van der Waals surface area contributed by atoms with Crippen molar-refractivity contribution in [1.29, 1.82) is 5.26 Å². The first-order valence-corrected chi connectivity index (χ1v) is 5.42. The fourth-order valence-electron chi connectivity index (χ4n) is 1.36. The molecule has 0 aliphatic rings. The molecule has 0 heterocycles. The highest BCUT2D eigenvalue weighted by Crippen LogP contribution is 2.10. The molecular weight excluding hydrogens is 219 g/mol. The van der Waals surface area contributed by atoms with E-state index in [1.165, 1.54) is 18.2 Å². The van der Waals surface area contributed by atoms with Crippen LogP contribution in [0.1, 0.15) is 29.8 Å². The fourth-order valence-corrected chi connectivity index (χ4v) is 1.36. The quantitative estimate of drug-likeness (QED) is 0.873. The Hall–Kier alpha value is -1.89. The van der Waals surface area contributed by atoms with Gasteiger partial charge in [0.15, 0.2) is 0 Å². The first-order valence-electron chi connectivity index (χ1n) is 5.42. The summed E-state index contributed by atoms with van der Waals surface area (Å²) in [6.07, 6.45) is 0. The Balaban J connectivity index is 2.83. The number of nitriles is 1. The van der Waals surface area contributed by atoms with Gasteiger partial charge < -0.3 is 5.32 Å². The summed E-state index contributed by atoms with van der Waals surface area (Å²) in [6.45, 7) is 5.30. The molecule has 0 saturated heterocycles. The maximum Gasteiger partial charge on any atom is 0.252 e. The molecular formula is C13H15FN2O. The zero-order chi connectivity index (χ0) is 13.0. The van der Waals surface area contributed by atoms with Gasteiger partial charge >= 0.3 is 0 Å². The SMILES string of the molecule is Cc1cc(C(=O)NC(C#N)C(C)C)ccc1F. The second kappa shape index (κ2) is 5.44. The number of hydrogen-bond donors (Lipinski definition) is 1. The van der Waals surface area contributed by atoms with Gasteiger partial charge in [-0.1, -0.05) is 13.8 Å². The molecule has 3 nitrogen and oxygen atoms in total. The number of rotatable bonds is 3. The van der Waals surface area contributed by atoms with Crippen LogP contribution in [0.5, 0.6) is 0 Å². The summed E-state index contributed by atoms with van der Waals surface area (Å²) in [7, 11) is 0. The molecule has 0 saturated carbocycles. The summed E-state index contributed by atoms with van der Waals surface area (Å²) < 4.78 is 13.0. The fraction of sp³-hybridized carbons (Fsp3) is 0.385. The van der Waals surface area contributed by atoms with Crippen LogP contribution >= 0.6 is 0 Å². The highest BCUT2D eigenvalue weighted by molar-refractivity contribution is 5.94. The summed E-state index contributed by atoms with van der Waals surface area (Å²) >= 11 is 0. The summed E-state index contributed by atoms with van der Waals surface area (Å²) in [4.78, 5) is 11.8. The van der Waals surface area contributed by atoms with Gasteiger partial charge in [-0.25, -0.2) is 4.39 Å². The molecule has 1 aromatic rings. The van der Waals surface area contributed by atoms with E-state index in [1.807, 2.05) is 19.9 Å². The Kier molecular flexibility index (Phi) is 4.22. The zero-order valence-corrected chi connectivity index (χ0v) is 10.1. The van der Waals surface area contributed by atoms with E-state index >= 15 is 0 Å². The molecule has 1 rings (SSSR count). The van der Waals surface area contributed by atoms with E-state index in [9.17, 15) is 9.18 Å². The number of carbonyl (C=O) groups is 1. The number of nitrogens with zero attached hydrogens (tertiary/aromatic N) is 1. The molecule has 0 radical (unpaired) electrons. The number of benzene rings is 1. The smallest absolute Gasteiger partial charge is 0.252 e. The molecule has 0 aliphatic carbocycles. The molecule has 0 aliphatic heterocycles. The Morgan fingerprint density at radius 2 is 2.12 bits per heavy atom. The highest BCUT2D eigenvalue weighted by Gasteiger charge is 2.16. The summed E-state index contributed by atoms with van der Waals surface area (Å²) in [5.41, 5.74) is 0.778. The average Bonchev–Trinajstić information content (AvgIpc) is 2.28. The van der Waals surface area contributed by atoms with Crippen LogP contribution in [0, 0.1) is 30.0 Å². The van der Waals surface area contributed by atoms with Crippen LogP contribution in [0.25, 0.3) is 0 Å². The van der Waals surface area contributed by atoms with E-state index in [1.54, 1.807) is 6.92 Å². The molecule has 1 aromatic carbocycles. The van der Waals surface area contributed by atoms with Gasteiger partial charge in [-0.2, -0.15) is 5.26 Å². The summed E-state index contributed by atoms with van der Waals surface area (Å²) in [5.74, 6) is -0.666. The zero-order valence-electron chi connectivity index (χ0n) is 10.1. The van der Waals surface area contributed by atoms with Crippen molar-refractivity contribution in [3.8, 4) is 6.07 Å².